The number of hydrogen-bond donors (Lipinski definition) is 1. The second-order valence-electron chi connectivity index (χ2n) is 4.09. The molecule has 0 aliphatic carbocycles. The summed E-state index contributed by atoms with van der Waals surface area (Å²) in [5.74, 6) is -0.351. The van der Waals surface area contributed by atoms with E-state index in [0.29, 0.717) is 11.6 Å². The maximum atomic E-state index is 12.9. The molecule has 96 valence electrons. The third-order valence-corrected chi connectivity index (χ3v) is 3.08. The third kappa shape index (κ3) is 2.86. The molecule has 0 saturated carbocycles. The highest BCUT2D eigenvalue weighted by molar-refractivity contribution is 6.31. The van der Waals surface area contributed by atoms with Gasteiger partial charge in [-0.25, -0.2) is 9.07 Å². The lowest BCUT2D eigenvalue weighted by Gasteiger charge is -2.04. The Morgan fingerprint density at radius 3 is 2.94 bits per heavy atom. The SMILES string of the molecule is CCC(N)c1cn(Cc2ccc(F)cc2Cl)nn1. The van der Waals surface area contributed by atoms with Crippen LogP contribution in [0.25, 0.3) is 0 Å². The van der Waals surface area contributed by atoms with Crippen LogP contribution in [-0.2, 0) is 6.54 Å². The number of nitrogens with zero attached hydrogens (tertiary/aromatic N) is 3. The van der Waals surface area contributed by atoms with Gasteiger partial charge in [0.05, 0.1) is 24.5 Å². The van der Waals surface area contributed by atoms with Crippen molar-refractivity contribution in [3.8, 4) is 0 Å². The van der Waals surface area contributed by atoms with Crippen molar-refractivity contribution < 1.29 is 4.39 Å². The smallest absolute Gasteiger partial charge is 0.124 e. The van der Waals surface area contributed by atoms with Crippen molar-refractivity contribution in [3.63, 3.8) is 0 Å². The molecule has 0 fully saturated rings. The van der Waals surface area contributed by atoms with Crippen LogP contribution in [-0.4, -0.2) is 15.0 Å². The Hall–Kier alpha value is -1.46. The van der Waals surface area contributed by atoms with Gasteiger partial charge in [-0.15, -0.1) is 5.10 Å². The molecule has 6 heteroatoms. The second kappa shape index (κ2) is 5.46. The molecule has 0 radical (unpaired) electrons. The fourth-order valence-electron chi connectivity index (χ4n) is 1.59. The Balaban J connectivity index is 2.16. The van der Waals surface area contributed by atoms with Crippen molar-refractivity contribution in [1.82, 2.24) is 15.0 Å². The molecule has 1 atom stereocenters. The van der Waals surface area contributed by atoms with E-state index in [0.717, 1.165) is 17.7 Å². The van der Waals surface area contributed by atoms with Crippen LogP contribution in [0.2, 0.25) is 5.02 Å². The van der Waals surface area contributed by atoms with Crippen molar-refractivity contribution in [2.24, 2.45) is 5.73 Å². The molecular weight excluding hydrogens is 255 g/mol. The van der Waals surface area contributed by atoms with Gasteiger partial charge in [0.25, 0.3) is 0 Å². The summed E-state index contributed by atoms with van der Waals surface area (Å²) in [7, 11) is 0. The third-order valence-electron chi connectivity index (χ3n) is 2.72. The van der Waals surface area contributed by atoms with E-state index in [1.54, 1.807) is 16.9 Å². The lowest BCUT2D eigenvalue weighted by atomic mass is 10.2. The quantitative estimate of drug-likeness (QED) is 0.927. The molecule has 4 nitrogen and oxygen atoms in total. The largest absolute Gasteiger partial charge is 0.323 e. The predicted molar refractivity (Wildman–Crippen MR) is 67.8 cm³/mol. The molecule has 0 aliphatic heterocycles. The Morgan fingerprint density at radius 1 is 1.50 bits per heavy atom. The molecule has 1 unspecified atom stereocenters. The van der Waals surface area contributed by atoms with Crippen molar-refractivity contribution in [2.45, 2.75) is 25.9 Å². The number of nitrogens with two attached hydrogens (primary N) is 1. The Morgan fingerprint density at radius 2 is 2.28 bits per heavy atom. The van der Waals surface area contributed by atoms with E-state index in [4.69, 9.17) is 17.3 Å². The van der Waals surface area contributed by atoms with Gasteiger partial charge in [0.15, 0.2) is 0 Å². The fraction of sp³-hybridized carbons (Fsp3) is 0.333. The van der Waals surface area contributed by atoms with Crippen LogP contribution >= 0.6 is 11.6 Å². The Kier molecular flexibility index (Phi) is 3.93. The van der Waals surface area contributed by atoms with Crippen molar-refractivity contribution in [3.05, 3.63) is 46.5 Å². The molecule has 1 aromatic heterocycles. The summed E-state index contributed by atoms with van der Waals surface area (Å²) in [5.41, 5.74) is 7.40. The van der Waals surface area contributed by atoms with Gasteiger partial charge in [-0.05, 0) is 24.1 Å². The van der Waals surface area contributed by atoms with Gasteiger partial charge in [-0.2, -0.15) is 0 Å². The van der Waals surface area contributed by atoms with Gasteiger partial charge < -0.3 is 5.73 Å². The maximum absolute atomic E-state index is 12.9. The highest BCUT2D eigenvalue weighted by Crippen LogP contribution is 2.18. The van der Waals surface area contributed by atoms with Crippen LogP contribution in [0.3, 0.4) is 0 Å². The van der Waals surface area contributed by atoms with E-state index in [1.807, 2.05) is 6.92 Å². The summed E-state index contributed by atoms with van der Waals surface area (Å²) >= 11 is 5.95. The van der Waals surface area contributed by atoms with Gasteiger partial charge in [0.1, 0.15) is 5.82 Å². The first-order chi connectivity index (χ1) is 8.60. The molecule has 1 heterocycles. The van der Waals surface area contributed by atoms with E-state index in [-0.39, 0.29) is 11.9 Å². The number of aromatic nitrogens is 3. The molecule has 0 saturated heterocycles. The summed E-state index contributed by atoms with van der Waals surface area (Å²) in [4.78, 5) is 0. The van der Waals surface area contributed by atoms with E-state index in [2.05, 4.69) is 10.3 Å². The van der Waals surface area contributed by atoms with Crippen molar-refractivity contribution >= 4 is 11.6 Å². The van der Waals surface area contributed by atoms with E-state index < -0.39 is 0 Å². The van der Waals surface area contributed by atoms with Gasteiger partial charge in [-0.3, -0.25) is 0 Å². The monoisotopic (exact) mass is 268 g/mol. The topological polar surface area (TPSA) is 56.7 Å². The normalized spacial score (nSPS) is 12.7. The van der Waals surface area contributed by atoms with Crippen molar-refractivity contribution in [1.29, 1.82) is 0 Å². The van der Waals surface area contributed by atoms with E-state index in [1.165, 1.54) is 12.1 Å². The first-order valence-electron chi connectivity index (χ1n) is 5.69. The molecule has 0 aliphatic rings. The standard InChI is InChI=1S/C12H14ClFN4/c1-2-11(15)12-7-18(17-16-12)6-8-3-4-9(14)5-10(8)13/h3-5,7,11H,2,6,15H2,1H3. The van der Waals surface area contributed by atoms with Gasteiger partial charge in [-0.1, -0.05) is 29.8 Å². The number of benzene rings is 1. The zero-order chi connectivity index (χ0) is 13.1. The second-order valence-corrected chi connectivity index (χ2v) is 4.50. The summed E-state index contributed by atoms with van der Waals surface area (Å²) in [6.45, 7) is 2.43. The van der Waals surface area contributed by atoms with Crippen LogP contribution in [0, 0.1) is 5.82 Å². The molecule has 2 rings (SSSR count). The van der Waals surface area contributed by atoms with Gasteiger partial charge >= 0.3 is 0 Å². The number of halogens is 2. The van der Waals surface area contributed by atoms with Crippen LogP contribution in [0.5, 0.6) is 0 Å². The predicted octanol–water partition coefficient (Wildman–Crippen LogP) is 2.53. The molecule has 1 aromatic carbocycles. The highest BCUT2D eigenvalue weighted by atomic mass is 35.5. The molecule has 0 bridgehead atoms. The van der Waals surface area contributed by atoms with Gasteiger partial charge in [0, 0.05) is 5.02 Å². The van der Waals surface area contributed by atoms with Crippen LogP contribution in [0.1, 0.15) is 30.6 Å². The summed E-state index contributed by atoms with van der Waals surface area (Å²) in [6, 6.07) is 4.18. The van der Waals surface area contributed by atoms with Crippen molar-refractivity contribution in [2.75, 3.05) is 0 Å². The molecular formula is C12H14ClFN4. The maximum Gasteiger partial charge on any atom is 0.124 e. The molecule has 2 aromatic rings. The zero-order valence-corrected chi connectivity index (χ0v) is 10.7. The fourth-order valence-corrected chi connectivity index (χ4v) is 1.82. The van der Waals surface area contributed by atoms with Gasteiger partial charge in [0.2, 0.25) is 0 Å². The minimum atomic E-state index is -0.351. The minimum absolute atomic E-state index is 0.109. The first-order valence-corrected chi connectivity index (χ1v) is 6.07. The van der Waals surface area contributed by atoms with E-state index >= 15 is 0 Å². The average Bonchev–Trinajstić information content (AvgIpc) is 2.80. The number of rotatable bonds is 4. The summed E-state index contributed by atoms with van der Waals surface area (Å²) in [5, 5.41) is 8.36. The molecule has 0 amide bonds. The zero-order valence-electron chi connectivity index (χ0n) is 9.98. The average molecular weight is 269 g/mol. The van der Waals surface area contributed by atoms with Crippen LogP contribution in [0.15, 0.2) is 24.4 Å². The first kappa shape index (κ1) is 13.0. The minimum Gasteiger partial charge on any atom is -0.323 e. The van der Waals surface area contributed by atoms with Crippen LogP contribution < -0.4 is 5.73 Å². The number of hydrogen-bond acceptors (Lipinski definition) is 3. The lowest BCUT2D eigenvalue weighted by molar-refractivity contribution is 0.621. The summed E-state index contributed by atoms with van der Waals surface area (Å²) < 4.78 is 14.5. The molecule has 2 N–H and O–H groups in total. The summed E-state index contributed by atoms with van der Waals surface area (Å²) in [6.07, 6.45) is 2.59. The Labute approximate surface area is 110 Å². The molecule has 18 heavy (non-hydrogen) atoms. The lowest BCUT2D eigenvalue weighted by Crippen LogP contribution is -2.08. The van der Waals surface area contributed by atoms with Crippen LogP contribution in [0.4, 0.5) is 4.39 Å². The highest BCUT2D eigenvalue weighted by Gasteiger charge is 2.09. The molecule has 0 spiro atoms. The Bertz CT molecular complexity index is 541. The van der Waals surface area contributed by atoms with E-state index in [9.17, 15) is 4.39 Å².